The van der Waals surface area contributed by atoms with Crippen molar-refractivity contribution in [3.63, 3.8) is 0 Å². The van der Waals surface area contributed by atoms with Crippen molar-refractivity contribution in [2.75, 3.05) is 39.4 Å². The molecule has 1 spiro atoms. The van der Waals surface area contributed by atoms with Crippen LogP contribution in [-0.2, 0) is 14.3 Å². The van der Waals surface area contributed by atoms with Crippen LogP contribution in [0.15, 0.2) is 0 Å². The van der Waals surface area contributed by atoms with Gasteiger partial charge in [0, 0.05) is 31.0 Å². The molecule has 2 aliphatic carbocycles. The molecule has 2 amide bonds. The van der Waals surface area contributed by atoms with Crippen LogP contribution >= 0.6 is 0 Å². The summed E-state index contributed by atoms with van der Waals surface area (Å²) in [6.45, 7) is 4.95. The average molecular weight is 421 g/mol. The lowest BCUT2D eigenvalue weighted by Crippen LogP contribution is -2.65. The van der Waals surface area contributed by atoms with Crippen molar-refractivity contribution in [1.29, 1.82) is 0 Å². The number of likely N-dealkylation sites (tertiary alicyclic amines) is 1. The van der Waals surface area contributed by atoms with E-state index in [1.165, 1.54) is 32.1 Å². The summed E-state index contributed by atoms with van der Waals surface area (Å²) in [4.78, 5) is 29.5. The summed E-state index contributed by atoms with van der Waals surface area (Å²) < 4.78 is 5.26. The molecular formula is C24H40N2O4. The molecule has 0 bridgehead atoms. The number of aliphatic hydroxyl groups is 1. The maximum atomic E-state index is 13.3. The first-order valence-electron chi connectivity index (χ1n) is 12.3. The predicted octanol–water partition coefficient (Wildman–Crippen LogP) is 2.98. The van der Waals surface area contributed by atoms with Crippen molar-refractivity contribution in [2.45, 2.75) is 83.2 Å². The minimum Gasteiger partial charge on any atom is -0.387 e. The number of nitrogens with zero attached hydrogens (tertiary/aromatic N) is 2. The Bertz CT molecular complexity index is 627. The first kappa shape index (κ1) is 22.1. The van der Waals surface area contributed by atoms with Gasteiger partial charge in [-0.05, 0) is 31.6 Å². The molecule has 2 unspecified atom stereocenters. The maximum Gasteiger partial charge on any atom is 0.248 e. The van der Waals surface area contributed by atoms with Gasteiger partial charge in [0.1, 0.15) is 6.61 Å². The van der Waals surface area contributed by atoms with E-state index >= 15 is 0 Å². The Morgan fingerprint density at radius 3 is 2.57 bits per heavy atom. The summed E-state index contributed by atoms with van der Waals surface area (Å²) in [6.07, 6.45) is 12.2. The third kappa shape index (κ3) is 4.40. The second kappa shape index (κ2) is 9.15. The largest absolute Gasteiger partial charge is 0.387 e. The number of rotatable bonds is 5. The lowest BCUT2D eigenvalue weighted by Gasteiger charge is -2.54. The van der Waals surface area contributed by atoms with Crippen LogP contribution in [0, 0.1) is 17.3 Å². The smallest absolute Gasteiger partial charge is 0.248 e. The molecule has 4 rings (SSSR count). The highest BCUT2D eigenvalue weighted by molar-refractivity contribution is 5.79. The summed E-state index contributed by atoms with van der Waals surface area (Å²) in [6, 6.07) is 0. The van der Waals surface area contributed by atoms with Gasteiger partial charge in [-0.15, -0.1) is 0 Å². The highest BCUT2D eigenvalue weighted by Gasteiger charge is 2.56. The van der Waals surface area contributed by atoms with Crippen molar-refractivity contribution in [1.82, 2.24) is 9.80 Å². The Kier molecular flexibility index (Phi) is 6.73. The molecule has 2 saturated heterocycles. The first-order chi connectivity index (χ1) is 14.4. The molecule has 4 fully saturated rings. The fourth-order valence-corrected chi connectivity index (χ4v) is 6.66. The van der Waals surface area contributed by atoms with Gasteiger partial charge in [-0.2, -0.15) is 0 Å². The quantitative estimate of drug-likeness (QED) is 0.742. The number of carbonyl (C=O) groups excluding carboxylic acids is 2. The summed E-state index contributed by atoms with van der Waals surface area (Å²) in [5.74, 6) is 1.02. The molecule has 2 saturated carbocycles. The summed E-state index contributed by atoms with van der Waals surface area (Å²) >= 11 is 0. The zero-order valence-electron chi connectivity index (χ0n) is 18.7. The number of carbonyl (C=O) groups is 2. The first-order valence-corrected chi connectivity index (χ1v) is 12.3. The number of ether oxygens (including phenoxy) is 1. The number of piperidine rings is 1. The van der Waals surface area contributed by atoms with Crippen LogP contribution in [-0.4, -0.2) is 71.7 Å². The third-order valence-electron chi connectivity index (χ3n) is 8.52. The highest BCUT2D eigenvalue weighted by atomic mass is 16.5. The summed E-state index contributed by atoms with van der Waals surface area (Å²) in [5.41, 5.74) is -1.18. The van der Waals surface area contributed by atoms with E-state index in [-0.39, 0.29) is 29.8 Å². The monoisotopic (exact) mass is 420 g/mol. The minimum absolute atomic E-state index is 0.0255. The predicted molar refractivity (Wildman–Crippen MR) is 115 cm³/mol. The SMILES string of the molecule is CC(CC1CCCCC1)C(=O)N1CCC(O)(CN2CCOCC2=O)C2(CCCC2)C1. The molecule has 6 heteroatoms. The fourth-order valence-electron chi connectivity index (χ4n) is 6.66. The van der Waals surface area contributed by atoms with Crippen LogP contribution < -0.4 is 0 Å². The molecule has 1 N–H and O–H groups in total. The average Bonchev–Trinajstić information content (AvgIpc) is 3.22. The Balaban J connectivity index is 1.42. The molecule has 2 aliphatic heterocycles. The molecule has 0 aromatic heterocycles. The Labute approximate surface area is 181 Å². The Morgan fingerprint density at radius 2 is 1.87 bits per heavy atom. The van der Waals surface area contributed by atoms with E-state index in [1.54, 1.807) is 4.90 Å². The van der Waals surface area contributed by atoms with Gasteiger partial charge in [-0.1, -0.05) is 51.9 Å². The van der Waals surface area contributed by atoms with E-state index in [0.717, 1.165) is 32.1 Å². The second-order valence-electron chi connectivity index (χ2n) is 10.5. The number of hydrogen-bond acceptors (Lipinski definition) is 4. The van der Waals surface area contributed by atoms with Gasteiger partial charge >= 0.3 is 0 Å². The van der Waals surface area contributed by atoms with Crippen molar-refractivity contribution >= 4 is 11.8 Å². The number of β-amino-alcohol motifs (C(OH)–C–C–N with tert-alkyl or cyclic N) is 1. The number of morpholine rings is 1. The molecule has 30 heavy (non-hydrogen) atoms. The van der Waals surface area contributed by atoms with E-state index in [1.807, 2.05) is 0 Å². The lowest BCUT2D eigenvalue weighted by molar-refractivity contribution is -0.174. The second-order valence-corrected chi connectivity index (χ2v) is 10.5. The van der Waals surface area contributed by atoms with Crippen molar-refractivity contribution in [2.24, 2.45) is 17.3 Å². The van der Waals surface area contributed by atoms with Crippen LogP contribution in [0.3, 0.4) is 0 Å². The van der Waals surface area contributed by atoms with Gasteiger partial charge in [0.25, 0.3) is 0 Å². The van der Waals surface area contributed by atoms with Crippen molar-refractivity contribution < 1.29 is 19.4 Å². The van der Waals surface area contributed by atoms with Crippen molar-refractivity contribution in [3.8, 4) is 0 Å². The molecule has 0 radical (unpaired) electrons. The van der Waals surface area contributed by atoms with E-state index < -0.39 is 5.60 Å². The topological polar surface area (TPSA) is 70.1 Å². The van der Waals surface area contributed by atoms with Crippen LogP contribution in [0.4, 0.5) is 0 Å². The van der Waals surface area contributed by atoms with Crippen molar-refractivity contribution in [3.05, 3.63) is 0 Å². The Hall–Kier alpha value is -1.14. The molecule has 0 aromatic rings. The maximum absolute atomic E-state index is 13.3. The summed E-state index contributed by atoms with van der Waals surface area (Å²) in [5, 5.41) is 11.8. The lowest BCUT2D eigenvalue weighted by atomic mass is 9.65. The van der Waals surface area contributed by atoms with E-state index in [0.29, 0.717) is 45.1 Å². The van der Waals surface area contributed by atoms with Crippen LogP contribution in [0.1, 0.15) is 77.6 Å². The normalized spacial score (nSPS) is 31.3. The van der Waals surface area contributed by atoms with Gasteiger partial charge in [0.2, 0.25) is 11.8 Å². The van der Waals surface area contributed by atoms with Gasteiger partial charge in [-0.3, -0.25) is 9.59 Å². The molecule has 2 heterocycles. The third-order valence-corrected chi connectivity index (χ3v) is 8.52. The van der Waals surface area contributed by atoms with Crippen LogP contribution in [0.2, 0.25) is 0 Å². The van der Waals surface area contributed by atoms with E-state index in [2.05, 4.69) is 11.8 Å². The minimum atomic E-state index is -0.903. The Morgan fingerprint density at radius 1 is 1.13 bits per heavy atom. The van der Waals surface area contributed by atoms with E-state index in [9.17, 15) is 14.7 Å². The standard InChI is InChI=1S/C24H40N2O4/c1-19(15-20-7-3-2-4-8-20)22(28)26-12-11-24(29,23(17-26)9-5-6-10-23)18-25-13-14-30-16-21(25)27/h19-20,29H,2-18H2,1H3. The van der Waals surface area contributed by atoms with Crippen LogP contribution in [0.5, 0.6) is 0 Å². The molecule has 0 aromatic carbocycles. The van der Waals surface area contributed by atoms with Gasteiger partial charge in [0.15, 0.2) is 0 Å². The molecule has 2 atom stereocenters. The highest BCUT2D eigenvalue weighted by Crippen LogP contribution is 2.51. The molecule has 4 aliphatic rings. The number of hydrogen-bond donors (Lipinski definition) is 1. The molecular weight excluding hydrogens is 380 g/mol. The number of amides is 2. The van der Waals surface area contributed by atoms with Crippen LogP contribution in [0.25, 0.3) is 0 Å². The van der Waals surface area contributed by atoms with Gasteiger partial charge in [0.05, 0.1) is 18.8 Å². The molecule has 170 valence electrons. The summed E-state index contributed by atoms with van der Waals surface area (Å²) in [7, 11) is 0. The molecule has 6 nitrogen and oxygen atoms in total. The van der Waals surface area contributed by atoms with E-state index in [4.69, 9.17) is 4.74 Å². The fraction of sp³-hybridized carbons (Fsp3) is 0.917. The zero-order valence-corrected chi connectivity index (χ0v) is 18.7. The van der Waals surface area contributed by atoms with Gasteiger partial charge < -0.3 is 19.6 Å². The zero-order chi connectivity index (χ0) is 21.2. The van der Waals surface area contributed by atoms with Gasteiger partial charge in [-0.25, -0.2) is 0 Å².